The zero-order valence-corrected chi connectivity index (χ0v) is 14.6. The molecule has 4 nitrogen and oxygen atoms in total. The lowest BCUT2D eigenvalue weighted by Crippen LogP contribution is -2.29. The first-order chi connectivity index (χ1) is 12.3. The van der Waals surface area contributed by atoms with Gasteiger partial charge >= 0.3 is 0 Å². The first-order valence-corrected chi connectivity index (χ1v) is 9.08. The van der Waals surface area contributed by atoms with Crippen molar-refractivity contribution in [3.8, 4) is 5.75 Å². The molecule has 1 saturated heterocycles. The molecule has 0 unspecified atom stereocenters. The summed E-state index contributed by atoms with van der Waals surface area (Å²) >= 11 is 0. The van der Waals surface area contributed by atoms with E-state index in [2.05, 4.69) is 22.3 Å². The summed E-state index contributed by atoms with van der Waals surface area (Å²) in [6.07, 6.45) is 4.30. The summed E-state index contributed by atoms with van der Waals surface area (Å²) < 4.78 is 5.55. The lowest BCUT2D eigenvalue weighted by Gasteiger charge is -2.26. The van der Waals surface area contributed by atoms with Crippen molar-refractivity contribution in [3.05, 3.63) is 60.2 Å². The third kappa shape index (κ3) is 5.91. The molecule has 0 bridgehead atoms. The number of nitrogens with one attached hydrogen (secondary N) is 1. The zero-order chi connectivity index (χ0) is 17.3. The molecule has 0 aromatic heterocycles. The first-order valence-electron chi connectivity index (χ1n) is 9.08. The molecule has 1 N–H and O–H groups in total. The van der Waals surface area contributed by atoms with Gasteiger partial charge in [0.05, 0.1) is 13.0 Å². The van der Waals surface area contributed by atoms with Crippen LogP contribution in [0.1, 0.15) is 31.2 Å². The van der Waals surface area contributed by atoms with Crippen molar-refractivity contribution in [2.24, 2.45) is 0 Å². The van der Waals surface area contributed by atoms with E-state index in [4.69, 9.17) is 4.74 Å². The van der Waals surface area contributed by atoms with E-state index >= 15 is 0 Å². The van der Waals surface area contributed by atoms with E-state index in [1.54, 1.807) is 0 Å². The third-order valence-corrected chi connectivity index (χ3v) is 4.43. The molecular weight excluding hydrogens is 312 g/mol. The molecule has 25 heavy (non-hydrogen) atoms. The van der Waals surface area contributed by atoms with Gasteiger partial charge in [-0.2, -0.15) is 0 Å². The van der Waals surface area contributed by atoms with Crippen molar-refractivity contribution in [3.63, 3.8) is 0 Å². The summed E-state index contributed by atoms with van der Waals surface area (Å²) in [7, 11) is 0. The summed E-state index contributed by atoms with van der Waals surface area (Å²) in [5.41, 5.74) is 2.14. The Bertz CT molecular complexity index is 649. The molecule has 1 aliphatic rings. The van der Waals surface area contributed by atoms with Crippen LogP contribution in [0.15, 0.2) is 54.6 Å². The monoisotopic (exact) mass is 338 g/mol. The smallest absolute Gasteiger partial charge is 0.227 e. The van der Waals surface area contributed by atoms with Gasteiger partial charge in [-0.15, -0.1) is 0 Å². The van der Waals surface area contributed by atoms with Crippen molar-refractivity contribution < 1.29 is 9.53 Å². The summed E-state index contributed by atoms with van der Waals surface area (Å²) in [6.45, 7) is 3.77. The molecule has 1 heterocycles. The summed E-state index contributed by atoms with van der Waals surface area (Å²) in [5.74, 6) is 0.761. The van der Waals surface area contributed by atoms with Crippen molar-refractivity contribution in [2.45, 2.75) is 32.2 Å². The number of carbonyl (C=O) groups is 1. The number of likely N-dealkylation sites (tertiary alicyclic amines) is 1. The molecule has 1 fully saturated rings. The van der Waals surface area contributed by atoms with Crippen LogP contribution >= 0.6 is 0 Å². The predicted octanol–water partition coefficient (Wildman–Crippen LogP) is 4.08. The topological polar surface area (TPSA) is 41.6 Å². The van der Waals surface area contributed by atoms with Crippen LogP contribution in [-0.2, 0) is 11.3 Å². The molecule has 0 aliphatic carbocycles. The third-order valence-electron chi connectivity index (χ3n) is 4.43. The molecule has 132 valence electrons. The van der Waals surface area contributed by atoms with E-state index in [1.807, 2.05) is 42.5 Å². The Morgan fingerprint density at radius 1 is 0.960 bits per heavy atom. The van der Waals surface area contributed by atoms with Gasteiger partial charge in [0.25, 0.3) is 0 Å². The number of hydrogen-bond donors (Lipinski definition) is 1. The van der Waals surface area contributed by atoms with Crippen LogP contribution in [0.25, 0.3) is 0 Å². The molecule has 1 aliphatic heterocycles. The van der Waals surface area contributed by atoms with Gasteiger partial charge in [-0.25, -0.2) is 0 Å². The summed E-state index contributed by atoms with van der Waals surface area (Å²) in [4.78, 5) is 14.5. The van der Waals surface area contributed by atoms with Crippen molar-refractivity contribution in [1.29, 1.82) is 0 Å². The van der Waals surface area contributed by atoms with Gasteiger partial charge < -0.3 is 10.1 Å². The number of carbonyl (C=O) groups excluding carboxylic acids is 1. The van der Waals surface area contributed by atoms with E-state index < -0.39 is 0 Å². The fourth-order valence-corrected chi connectivity index (χ4v) is 3.07. The van der Waals surface area contributed by atoms with Gasteiger partial charge in [-0.05, 0) is 55.8 Å². The van der Waals surface area contributed by atoms with Crippen LogP contribution in [0.2, 0.25) is 0 Å². The molecule has 0 radical (unpaired) electrons. The van der Waals surface area contributed by atoms with Crippen LogP contribution < -0.4 is 10.1 Å². The molecule has 4 heteroatoms. The lowest BCUT2D eigenvalue weighted by molar-refractivity contribution is -0.116. The Morgan fingerprint density at radius 2 is 1.68 bits per heavy atom. The average Bonchev–Trinajstić information content (AvgIpc) is 2.65. The Labute approximate surface area is 149 Å². The number of anilines is 1. The Morgan fingerprint density at radius 3 is 2.40 bits per heavy atom. The number of para-hydroxylation sites is 1. The molecule has 0 spiro atoms. The zero-order valence-electron chi connectivity index (χ0n) is 14.6. The number of ether oxygens (including phenoxy) is 1. The number of piperidine rings is 1. The Balaban J connectivity index is 1.40. The predicted molar refractivity (Wildman–Crippen MR) is 101 cm³/mol. The van der Waals surface area contributed by atoms with E-state index in [0.29, 0.717) is 13.0 Å². The van der Waals surface area contributed by atoms with Crippen LogP contribution in [0.4, 0.5) is 5.69 Å². The van der Waals surface area contributed by atoms with E-state index in [1.165, 1.54) is 37.9 Å². The second-order valence-electron chi connectivity index (χ2n) is 6.49. The Hall–Kier alpha value is -2.33. The minimum absolute atomic E-state index is 0.0280. The highest BCUT2D eigenvalue weighted by molar-refractivity contribution is 5.90. The Kier molecular flexibility index (Phi) is 6.46. The van der Waals surface area contributed by atoms with Gasteiger partial charge in [-0.1, -0.05) is 36.8 Å². The van der Waals surface area contributed by atoms with Crippen molar-refractivity contribution in [1.82, 2.24) is 4.90 Å². The minimum atomic E-state index is -0.0280. The van der Waals surface area contributed by atoms with Crippen LogP contribution in [-0.4, -0.2) is 30.5 Å². The lowest BCUT2D eigenvalue weighted by atomic mass is 10.1. The first kappa shape index (κ1) is 17.5. The molecule has 1 amide bonds. The molecule has 2 aromatic rings. The van der Waals surface area contributed by atoms with Gasteiger partial charge in [0.1, 0.15) is 5.75 Å². The highest BCUT2D eigenvalue weighted by Gasteiger charge is 2.10. The molecule has 0 saturated carbocycles. The molecular formula is C21H26N2O2. The number of benzene rings is 2. The second-order valence-corrected chi connectivity index (χ2v) is 6.49. The normalized spacial score (nSPS) is 14.9. The number of amides is 1. The fraction of sp³-hybridized carbons (Fsp3) is 0.381. The quantitative estimate of drug-likeness (QED) is 0.827. The highest BCUT2D eigenvalue weighted by atomic mass is 16.5. The maximum Gasteiger partial charge on any atom is 0.227 e. The van der Waals surface area contributed by atoms with Crippen LogP contribution in [0, 0.1) is 0 Å². The number of hydrogen-bond acceptors (Lipinski definition) is 3. The molecule has 2 aromatic carbocycles. The number of nitrogens with zero attached hydrogens (tertiary/aromatic N) is 1. The SMILES string of the molecule is O=C(CCOc1ccccc1)Nc1ccc(CN2CCCCC2)cc1. The van der Waals surface area contributed by atoms with Crippen molar-refractivity contribution >= 4 is 11.6 Å². The summed E-state index contributed by atoms with van der Waals surface area (Å²) in [6, 6.07) is 17.7. The maximum atomic E-state index is 12.0. The molecule has 0 atom stereocenters. The van der Waals surface area contributed by atoms with Gasteiger partial charge in [-0.3, -0.25) is 9.69 Å². The van der Waals surface area contributed by atoms with E-state index in [-0.39, 0.29) is 5.91 Å². The minimum Gasteiger partial charge on any atom is -0.493 e. The fourth-order valence-electron chi connectivity index (χ4n) is 3.07. The summed E-state index contributed by atoms with van der Waals surface area (Å²) in [5, 5.41) is 2.93. The largest absolute Gasteiger partial charge is 0.493 e. The highest BCUT2D eigenvalue weighted by Crippen LogP contribution is 2.15. The van der Waals surface area contributed by atoms with Crippen LogP contribution in [0.5, 0.6) is 5.75 Å². The van der Waals surface area contributed by atoms with Crippen LogP contribution in [0.3, 0.4) is 0 Å². The second kappa shape index (κ2) is 9.23. The van der Waals surface area contributed by atoms with E-state index in [0.717, 1.165) is 18.0 Å². The van der Waals surface area contributed by atoms with Crippen molar-refractivity contribution in [2.75, 3.05) is 25.0 Å². The average molecular weight is 338 g/mol. The van der Waals surface area contributed by atoms with Gasteiger partial charge in [0.15, 0.2) is 0 Å². The number of rotatable bonds is 7. The molecule has 3 rings (SSSR count). The van der Waals surface area contributed by atoms with Gasteiger partial charge in [0.2, 0.25) is 5.91 Å². The standard InChI is InChI=1S/C21H26N2O2/c24-21(13-16-25-20-7-3-1-4-8-20)22-19-11-9-18(10-12-19)17-23-14-5-2-6-15-23/h1,3-4,7-12H,2,5-6,13-17H2,(H,22,24). The van der Waals surface area contributed by atoms with Gasteiger partial charge in [0, 0.05) is 12.2 Å². The van der Waals surface area contributed by atoms with E-state index in [9.17, 15) is 4.79 Å². The maximum absolute atomic E-state index is 12.0.